The van der Waals surface area contributed by atoms with Crippen molar-refractivity contribution in [2.24, 2.45) is 5.92 Å². The maximum atomic E-state index is 13.7. The lowest BCUT2D eigenvalue weighted by Gasteiger charge is -2.31. The van der Waals surface area contributed by atoms with E-state index < -0.39 is 17.4 Å². The van der Waals surface area contributed by atoms with E-state index in [1.807, 2.05) is 0 Å². The predicted octanol–water partition coefficient (Wildman–Crippen LogP) is 2.19. The van der Waals surface area contributed by atoms with Crippen LogP contribution in [0.25, 0.3) is 0 Å². The van der Waals surface area contributed by atoms with Crippen molar-refractivity contribution >= 4 is 5.91 Å². The molecule has 1 aromatic rings. The number of carbonyl (C=O) groups is 1. The molecule has 1 atom stereocenters. The molecule has 0 aromatic carbocycles. The van der Waals surface area contributed by atoms with Gasteiger partial charge in [-0.15, -0.1) is 0 Å². The van der Waals surface area contributed by atoms with Gasteiger partial charge < -0.3 is 15.0 Å². The van der Waals surface area contributed by atoms with Crippen molar-refractivity contribution in [1.82, 2.24) is 9.88 Å². The summed E-state index contributed by atoms with van der Waals surface area (Å²) in [6, 6.07) is 2.51. The van der Waals surface area contributed by atoms with Gasteiger partial charge >= 0.3 is 0 Å². The summed E-state index contributed by atoms with van der Waals surface area (Å²) in [6.45, 7) is 1.77. The first-order valence-electron chi connectivity index (χ1n) is 7.84. The van der Waals surface area contributed by atoms with Gasteiger partial charge in [-0.25, -0.2) is 8.78 Å². The van der Waals surface area contributed by atoms with E-state index in [1.165, 1.54) is 10.6 Å². The number of hydrogen-bond acceptors (Lipinski definition) is 3. The molecule has 1 amide bonds. The van der Waals surface area contributed by atoms with Crippen LogP contribution in [0.2, 0.25) is 0 Å². The Kier molecular flexibility index (Phi) is 5.38. The van der Waals surface area contributed by atoms with Crippen LogP contribution in [0.3, 0.4) is 0 Å². The third-order valence-corrected chi connectivity index (χ3v) is 4.34. The van der Waals surface area contributed by atoms with E-state index in [2.05, 4.69) is 5.32 Å². The van der Waals surface area contributed by atoms with Gasteiger partial charge in [-0.2, -0.15) is 0 Å². The second-order valence-electron chi connectivity index (χ2n) is 6.10. The quantitative estimate of drug-likeness (QED) is 0.870. The molecule has 0 spiro atoms. The molecule has 0 saturated heterocycles. The minimum absolute atomic E-state index is 0.0316. The number of pyridine rings is 1. The maximum absolute atomic E-state index is 13.7. The summed E-state index contributed by atoms with van der Waals surface area (Å²) in [5, 5.41) is 11.9. The molecule has 128 valence electrons. The molecule has 1 heterocycles. The minimum Gasteiger partial charge on any atom is -0.508 e. The van der Waals surface area contributed by atoms with E-state index in [4.69, 9.17) is 0 Å². The highest BCUT2D eigenvalue weighted by Gasteiger charge is 2.41. The standard InChI is InChI=1S/C16H22F2N2O3/c1-11-8-13(21)9-15(23)20(11)7-5-14(22)19-10-12-4-2-3-6-16(12,17)18/h8-9,12,21H,2-7,10H2,1H3,(H,19,22). The van der Waals surface area contributed by atoms with Crippen LogP contribution in [0.15, 0.2) is 16.9 Å². The van der Waals surface area contributed by atoms with Crippen LogP contribution in [-0.4, -0.2) is 28.0 Å². The molecule has 5 nitrogen and oxygen atoms in total. The van der Waals surface area contributed by atoms with Crippen molar-refractivity contribution in [2.45, 2.75) is 51.5 Å². The van der Waals surface area contributed by atoms with Crippen LogP contribution in [-0.2, 0) is 11.3 Å². The van der Waals surface area contributed by atoms with Crippen LogP contribution in [0.5, 0.6) is 5.75 Å². The Hall–Kier alpha value is -1.92. The fourth-order valence-electron chi connectivity index (χ4n) is 2.96. The smallest absolute Gasteiger partial charge is 0.254 e. The van der Waals surface area contributed by atoms with Crippen molar-refractivity contribution in [3.63, 3.8) is 0 Å². The zero-order valence-corrected chi connectivity index (χ0v) is 13.1. The monoisotopic (exact) mass is 328 g/mol. The van der Waals surface area contributed by atoms with Crippen LogP contribution < -0.4 is 10.9 Å². The normalized spacial score (nSPS) is 20.2. The SMILES string of the molecule is Cc1cc(O)cc(=O)n1CCC(=O)NCC1CCCCC1(F)F. The van der Waals surface area contributed by atoms with Gasteiger partial charge in [0, 0.05) is 43.6 Å². The molecule has 1 aliphatic carbocycles. The van der Waals surface area contributed by atoms with Gasteiger partial charge in [0.15, 0.2) is 0 Å². The third kappa shape index (κ3) is 4.53. The summed E-state index contributed by atoms with van der Waals surface area (Å²) in [5.41, 5.74) is 0.149. The number of nitrogens with one attached hydrogen (secondary N) is 1. The summed E-state index contributed by atoms with van der Waals surface area (Å²) in [5.74, 6) is -3.99. The molecule has 0 aliphatic heterocycles. The van der Waals surface area contributed by atoms with Gasteiger partial charge in [-0.1, -0.05) is 6.42 Å². The molecule has 1 saturated carbocycles. The number of aromatic hydroxyl groups is 1. The first-order valence-corrected chi connectivity index (χ1v) is 7.84. The van der Waals surface area contributed by atoms with E-state index in [9.17, 15) is 23.5 Å². The zero-order chi connectivity index (χ0) is 17.0. The summed E-state index contributed by atoms with van der Waals surface area (Å²) >= 11 is 0. The summed E-state index contributed by atoms with van der Waals surface area (Å²) in [7, 11) is 0. The average molecular weight is 328 g/mol. The topological polar surface area (TPSA) is 71.3 Å². The Morgan fingerprint density at radius 3 is 2.83 bits per heavy atom. The molecule has 0 bridgehead atoms. The Labute approximate surface area is 133 Å². The first-order chi connectivity index (χ1) is 10.8. The Balaban J connectivity index is 1.85. The molecular formula is C16H22F2N2O3. The molecule has 1 aromatic heterocycles. The number of hydrogen-bond donors (Lipinski definition) is 2. The minimum atomic E-state index is -2.71. The number of aryl methyl sites for hydroxylation is 1. The van der Waals surface area contributed by atoms with E-state index >= 15 is 0 Å². The van der Waals surface area contributed by atoms with Gasteiger partial charge in [0.2, 0.25) is 5.91 Å². The van der Waals surface area contributed by atoms with E-state index in [0.29, 0.717) is 18.5 Å². The Bertz CT molecular complexity index is 628. The summed E-state index contributed by atoms with van der Waals surface area (Å²) < 4.78 is 28.8. The molecule has 2 rings (SSSR count). The van der Waals surface area contributed by atoms with Crippen molar-refractivity contribution in [3.8, 4) is 5.75 Å². The second kappa shape index (κ2) is 7.10. The third-order valence-electron chi connectivity index (χ3n) is 4.34. The molecule has 1 fully saturated rings. The van der Waals surface area contributed by atoms with Crippen LogP contribution >= 0.6 is 0 Å². The van der Waals surface area contributed by atoms with Crippen LogP contribution in [0, 0.1) is 12.8 Å². The van der Waals surface area contributed by atoms with E-state index in [0.717, 1.165) is 12.5 Å². The first kappa shape index (κ1) is 17.4. The van der Waals surface area contributed by atoms with E-state index in [1.54, 1.807) is 6.92 Å². The predicted molar refractivity (Wildman–Crippen MR) is 81.6 cm³/mol. The number of aromatic nitrogens is 1. The lowest BCUT2D eigenvalue weighted by molar-refractivity contribution is -0.123. The fourth-order valence-corrected chi connectivity index (χ4v) is 2.96. The zero-order valence-electron chi connectivity index (χ0n) is 13.1. The highest BCUT2D eigenvalue weighted by atomic mass is 19.3. The van der Waals surface area contributed by atoms with Crippen LogP contribution in [0.4, 0.5) is 8.78 Å². The number of nitrogens with zero attached hydrogens (tertiary/aromatic N) is 1. The van der Waals surface area contributed by atoms with Gasteiger partial charge in [0.05, 0.1) is 0 Å². The summed E-state index contributed by atoms with van der Waals surface area (Å²) in [6.07, 6.45) is 1.63. The van der Waals surface area contributed by atoms with Gasteiger partial charge in [0.1, 0.15) is 5.75 Å². The largest absolute Gasteiger partial charge is 0.508 e. The van der Waals surface area contributed by atoms with Crippen molar-refractivity contribution in [2.75, 3.05) is 6.54 Å². The molecule has 1 unspecified atom stereocenters. The number of amides is 1. The highest BCUT2D eigenvalue weighted by Crippen LogP contribution is 2.37. The lowest BCUT2D eigenvalue weighted by Crippen LogP contribution is -2.41. The Morgan fingerprint density at radius 1 is 1.43 bits per heavy atom. The fraction of sp³-hybridized carbons (Fsp3) is 0.625. The van der Waals surface area contributed by atoms with Gasteiger partial charge in [0.25, 0.3) is 11.5 Å². The molecule has 0 radical (unpaired) electrons. The maximum Gasteiger partial charge on any atom is 0.254 e. The molecule has 1 aliphatic rings. The average Bonchev–Trinajstić information content (AvgIpc) is 2.44. The van der Waals surface area contributed by atoms with Crippen molar-refractivity contribution in [3.05, 3.63) is 28.2 Å². The van der Waals surface area contributed by atoms with E-state index in [-0.39, 0.29) is 37.6 Å². The molecule has 2 N–H and O–H groups in total. The molecule has 23 heavy (non-hydrogen) atoms. The van der Waals surface area contributed by atoms with Gasteiger partial charge in [-0.05, 0) is 25.8 Å². The molecule has 7 heteroatoms. The number of carbonyl (C=O) groups excluding carboxylic acids is 1. The van der Waals surface area contributed by atoms with Crippen molar-refractivity contribution in [1.29, 1.82) is 0 Å². The lowest BCUT2D eigenvalue weighted by atomic mass is 9.85. The summed E-state index contributed by atoms with van der Waals surface area (Å²) in [4.78, 5) is 23.6. The Morgan fingerprint density at radius 2 is 2.17 bits per heavy atom. The van der Waals surface area contributed by atoms with Crippen LogP contribution in [0.1, 0.15) is 37.8 Å². The number of halogens is 2. The van der Waals surface area contributed by atoms with Gasteiger partial charge in [-0.3, -0.25) is 9.59 Å². The molecular weight excluding hydrogens is 306 g/mol. The second-order valence-corrected chi connectivity index (χ2v) is 6.10. The highest BCUT2D eigenvalue weighted by molar-refractivity contribution is 5.75. The van der Waals surface area contributed by atoms with Crippen molar-refractivity contribution < 1.29 is 18.7 Å². The number of alkyl halides is 2. The number of rotatable bonds is 5.